The average molecular weight is 368 g/mol. The van der Waals surface area contributed by atoms with E-state index in [1.165, 1.54) is 16.4 Å². The molecule has 1 aromatic rings. The van der Waals surface area contributed by atoms with Crippen molar-refractivity contribution >= 4 is 15.9 Å². The normalized spacial score (nSPS) is 20.7. The molecule has 7 heteroatoms. The number of sulfonamides is 1. The highest BCUT2D eigenvalue weighted by Gasteiger charge is 2.31. The lowest BCUT2D eigenvalue weighted by molar-refractivity contribution is 0.0937. The minimum atomic E-state index is -3.92. The van der Waals surface area contributed by atoms with Crippen molar-refractivity contribution in [3.05, 3.63) is 29.6 Å². The Kier molecular flexibility index (Phi) is 5.43. The van der Waals surface area contributed by atoms with Crippen LogP contribution in [0.5, 0.6) is 0 Å². The van der Waals surface area contributed by atoms with Crippen molar-refractivity contribution in [1.82, 2.24) is 9.62 Å². The fourth-order valence-corrected chi connectivity index (χ4v) is 5.11. The molecule has 1 heterocycles. The maximum Gasteiger partial charge on any atom is 0.251 e. The van der Waals surface area contributed by atoms with Gasteiger partial charge in [0.25, 0.3) is 5.91 Å². The number of amides is 1. The van der Waals surface area contributed by atoms with Gasteiger partial charge in [-0.2, -0.15) is 4.31 Å². The topological polar surface area (TPSA) is 66.5 Å². The molecule has 0 spiro atoms. The van der Waals surface area contributed by atoms with Crippen molar-refractivity contribution in [2.24, 2.45) is 5.92 Å². The molecule has 2 fully saturated rings. The van der Waals surface area contributed by atoms with Crippen LogP contribution in [0.25, 0.3) is 0 Å². The van der Waals surface area contributed by atoms with Gasteiger partial charge in [-0.05, 0) is 49.8 Å². The zero-order chi connectivity index (χ0) is 18.0. The van der Waals surface area contributed by atoms with E-state index in [0.29, 0.717) is 19.0 Å². The van der Waals surface area contributed by atoms with E-state index >= 15 is 0 Å². The summed E-state index contributed by atoms with van der Waals surface area (Å²) in [5, 5.41) is 2.91. The second-order valence-corrected chi connectivity index (χ2v) is 9.09. The molecule has 0 radical (unpaired) electrons. The van der Waals surface area contributed by atoms with E-state index in [0.717, 1.165) is 44.6 Å². The summed E-state index contributed by atoms with van der Waals surface area (Å²) in [6.07, 6.45) is 5.57. The van der Waals surface area contributed by atoms with Gasteiger partial charge in [-0.15, -0.1) is 0 Å². The lowest BCUT2D eigenvalue weighted by Gasteiger charge is -2.29. The number of nitrogens with one attached hydrogen (secondary N) is 1. The maximum atomic E-state index is 14.2. The van der Waals surface area contributed by atoms with Crippen LogP contribution in [-0.2, 0) is 10.0 Å². The SMILES string of the molecule is CC1CCN(S(=O)(=O)c2cc(C(=O)NC3CCCC3)ccc2F)CC1. The molecule has 1 aliphatic carbocycles. The Labute approximate surface area is 148 Å². The van der Waals surface area contributed by atoms with Crippen molar-refractivity contribution in [1.29, 1.82) is 0 Å². The van der Waals surface area contributed by atoms with E-state index in [-0.39, 0.29) is 17.5 Å². The van der Waals surface area contributed by atoms with Crippen LogP contribution in [0.15, 0.2) is 23.1 Å². The molecule has 138 valence electrons. The Morgan fingerprint density at radius 2 is 1.80 bits per heavy atom. The number of hydrogen-bond acceptors (Lipinski definition) is 3. The van der Waals surface area contributed by atoms with Gasteiger partial charge in [-0.25, -0.2) is 12.8 Å². The van der Waals surface area contributed by atoms with E-state index < -0.39 is 20.7 Å². The molecule has 0 unspecified atom stereocenters. The van der Waals surface area contributed by atoms with Gasteiger partial charge in [0.15, 0.2) is 0 Å². The average Bonchev–Trinajstić information content (AvgIpc) is 3.08. The van der Waals surface area contributed by atoms with Gasteiger partial charge in [-0.1, -0.05) is 19.8 Å². The Bertz CT molecular complexity index is 737. The molecule has 2 aliphatic rings. The summed E-state index contributed by atoms with van der Waals surface area (Å²) in [7, 11) is -3.92. The molecule has 0 atom stereocenters. The molecule has 25 heavy (non-hydrogen) atoms. The first-order valence-electron chi connectivity index (χ1n) is 8.98. The Balaban J connectivity index is 1.82. The number of nitrogens with zero attached hydrogens (tertiary/aromatic N) is 1. The molecule has 1 N–H and O–H groups in total. The molecular weight excluding hydrogens is 343 g/mol. The zero-order valence-electron chi connectivity index (χ0n) is 14.5. The van der Waals surface area contributed by atoms with Crippen LogP contribution in [0, 0.1) is 11.7 Å². The van der Waals surface area contributed by atoms with Crippen LogP contribution in [-0.4, -0.2) is 37.8 Å². The Hall–Kier alpha value is -1.47. The predicted octanol–water partition coefficient (Wildman–Crippen LogP) is 2.92. The lowest BCUT2D eigenvalue weighted by Crippen LogP contribution is -2.38. The molecule has 1 amide bonds. The summed E-state index contributed by atoms with van der Waals surface area (Å²) in [4.78, 5) is 12.0. The number of piperidine rings is 1. The molecule has 1 aromatic carbocycles. The Morgan fingerprint density at radius 3 is 2.44 bits per heavy atom. The van der Waals surface area contributed by atoms with Crippen LogP contribution >= 0.6 is 0 Å². The highest BCUT2D eigenvalue weighted by molar-refractivity contribution is 7.89. The summed E-state index contributed by atoms with van der Waals surface area (Å²) >= 11 is 0. The summed E-state index contributed by atoms with van der Waals surface area (Å²) < 4.78 is 41.1. The molecule has 1 aliphatic heterocycles. The van der Waals surface area contributed by atoms with Crippen LogP contribution < -0.4 is 5.32 Å². The molecule has 5 nitrogen and oxygen atoms in total. The number of carbonyl (C=O) groups excluding carboxylic acids is 1. The number of hydrogen-bond donors (Lipinski definition) is 1. The fourth-order valence-electron chi connectivity index (χ4n) is 3.55. The van der Waals surface area contributed by atoms with Crippen molar-refractivity contribution < 1.29 is 17.6 Å². The van der Waals surface area contributed by atoms with Gasteiger partial charge < -0.3 is 5.32 Å². The monoisotopic (exact) mass is 368 g/mol. The summed E-state index contributed by atoms with van der Waals surface area (Å²) in [6.45, 7) is 2.86. The second kappa shape index (κ2) is 7.41. The van der Waals surface area contributed by atoms with Gasteiger partial charge in [0, 0.05) is 24.7 Å². The molecule has 1 saturated heterocycles. The third-order valence-electron chi connectivity index (χ3n) is 5.24. The highest BCUT2D eigenvalue weighted by Crippen LogP contribution is 2.26. The first kappa shape index (κ1) is 18.3. The van der Waals surface area contributed by atoms with E-state index in [9.17, 15) is 17.6 Å². The van der Waals surface area contributed by atoms with Gasteiger partial charge >= 0.3 is 0 Å². The van der Waals surface area contributed by atoms with Crippen molar-refractivity contribution in [2.45, 2.75) is 56.4 Å². The third kappa shape index (κ3) is 4.03. The fraction of sp³-hybridized carbons (Fsp3) is 0.611. The van der Waals surface area contributed by atoms with Crippen molar-refractivity contribution in [3.63, 3.8) is 0 Å². The summed E-state index contributed by atoms with van der Waals surface area (Å²) in [5.74, 6) is -0.675. The molecular formula is C18H25FN2O3S. The maximum absolute atomic E-state index is 14.2. The molecule has 0 bridgehead atoms. The second-order valence-electron chi connectivity index (χ2n) is 7.19. The van der Waals surface area contributed by atoms with Crippen LogP contribution in [0.2, 0.25) is 0 Å². The van der Waals surface area contributed by atoms with E-state index in [1.807, 2.05) is 0 Å². The number of halogens is 1. The third-order valence-corrected chi connectivity index (χ3v) is 7.16. The quantitative estimate of drug-likeness (QED) is 0.889. The summed E-state index contributed by atoms with van der Waals surface area (Å²) in [6, 6.07) is 3.72. The first-order chi connectivity index (χ1) is 11.9. The van der Waals surface area contributed by atoms with Crippen LogP contribution in [0.3, 0.4) is 0 Å². The van der Waals surface area contributed by atoms with Gasteiger partial charge in [0.05, 0.1) is 0 Å². The predicted molar refractivity (Wildman–Crippen MR) is 93.3 cm³/mol. The minimum absolute atomic E-state index is 0.126. The summed E-state index contributed by atoms with van der Waals surface area (Å²) in [5.41, 5.74) is 0.192. The molecule has 3 rings (SSSR count). The van der Waals surface area contributed by atoms with E-state index in [2.05, 4.69) is 12.2 Å². The smallest absolute Gasteiger partial charge is 0.251 e. The highest BCUT2D eigenvalue weighted by atomic mass is 32.2. The largest absolute Gasteiger partial charge is 0.349 e. The Morgan fingerprint density at radius 1 is 1.16 bits per heavy atom. The van der Waals surface area contributed by atoms with Gasteiger partial charge in [-0.3, -0.25) is 4.79 Å². The van der Waals surface area contributed by atoms with Gasteiger partial charge in [0.2, 0.25) is 10.0 Å². The van der Waals surface area contributed by atoms with E-state index in [1.54, 1.807) is 0 Å². The number of rotatable bonds is 4. The first-order valence-corrected chi connectivity index (χ1v) is 10.4. The number of benzene rings is 1. The zero-order valence-corrected chi connectivity index (χ0v) is 15.3. The van der Waals surface area contributed by atoms with Gasteiger partial charge in [0.1, 0.15) is 10.7 Å². The van der Waals surface area contributed by atoms with Crippen molar-refractivity contribution in [3.8, 4) is 0 Å². The van der Waals surface area contributed by atoms with Crippen molar-refractivity contribution in [2.75, 3.05) is 13.1 Å². The van der Waals surface area contributed by atoms with Crippen LogP contribution in [0.1, 0.15) is 55.8 Å². The van der Waals surface area contributed by atoms with Crippen LogP contribution in [0.4, 0.5) is 4.39 Å². The minimum Gasteiger partial charge on any atom is -0.349 e. The van der Waals surface area contributed by atoms with E-state index in [4.69, 9.17) is 0 Å². The number of carbonyl (C=O) groups is 1. The standard InChI is InChI=1S/C18H25FN2O3S/c1-13-8-10-21(11-9-13)25(23,24)17-12-14(6-7-16(17)19)18(22)20-15-4-2-3-5-15/h6-7,12-13,15H,2-5,8-11H2,1H3,(H,20,22). The molecule has 1 saturated carbocycles. The lowest BCUT2D eigenvalue weighted by atomic mass is 10.0. The molecule has 0 aromatic heterocycles.